The summed E-state index contributed by atoms with van der Waals surface area (Å²) in [5, 5.41) is 0. The fourth-order valence-corrected chi connectivity index (χ4v) is 5.87. The molecule has 0 N–H and O–H groups in total. The Bertz CT molecular complexity index is 908. The molecule has 0 bridgehead atoms. The number of rotatable bonds is 7. The average molecular weight is 441 g/mol. The Labute approximate surface area is 190 Å². The number of carbonyl (C=O) groups excluding carboxylic acids is 1. The molecule has 0 spiro atoms. The van der Waals surface area contributed by atoms with Gasteiger partial charge in [-0.3, -0.25) is 0 Å². The third kappa shape index (κ3) is 5.57. The van der Waals surface area contributed by atoms with E-state index in [9.17, 15) is 13.6 Å². The highest BCUT2D eigenvalue weighted by Gasteiger charge is 2.36. The Morgan fingerprint density at radius 3 is 2.44 bits per heavy atom. The highest BCUT2D eigenvalue weighted by Crippen LogP contribution is 2.48. The summed E-state index contributed by atoms with van der Waals surface area (Å²) >= 11 is 0. The number of halogens is 2. The summed E-state index contributed by atoms with van der Waals surface area (Å²) in [6, 6.07) is 9.92. The van der Waals surface area contributed by atoms with Crippen molar-refractivity contribution >= 4 is 5.97 Å². The third-order valence-corrected chi connectivity index (χ3v) is 7.64. The van der Waals surface area contributed by atoms with Crippen molar-refractivity contribution in [2.24, 2.45) is 17.8 Å². The summed E-state index contributed by atoms with van der Waals surface area (Å²) in [5.74, 6) is 1.52. The standard InChI is InChI=1S/C28H34F2O2/c1-2-3-4-5-19-6-7-21-17-22(9-8-20(21)16-19)26-15-10-23(18-27(26)30)28(31)32-25-13-11-24(29)12-14-25/h10-15,18-22H,2-9,16-17H2,1H3/t19-,20-,21+,22?/m0/s1. The summed E-state index contributed by atoms with van der Waals surface area (Å²) in [4.78, 5) is 12.4. The van der Waals surface area contributed by atoms with Gasteiger partial charge in [0.1, 0.15) is 17.4 Å². The van der Waals surface area contributed by atoms with Crippen molar-refractivity contribution in [2.75, 3.05) is 0 Å². The highest BCUT2D eigenvalue weighted by atomic mass is 19.1. The van der Waals surface area contributed by atoms with Crippen molar-refractivity contribution in [3.05, 3.63) is 65.2 Å². The van der Waals surface area contributed by atoms with Crippen molar-refractivity contribution < 1.29 is 18.3 Å². The van der Waals surface area contributed by atoms with Crippen LogP contribution in [0.4, 0.5) is 8.78 Å². The molecule has 2 fully saturated rings. The van der Waals surface area contributed by atoms with E-state index >= 15 is 0 Å². The maximum atomic E-state index is 15.0. The van der Waals surface area contributed by atoms with Crippen molar-refractivity contribution in [2.45, 2.75) is 77.0 Å². The van der Waals surface area contributed by atoms with E-state index in [1.807, 2.05) is 0 Å². The van der Waals surface area contributed by atoms with Crippen LogP contribution < -0.4 is 4.74 Å². The Kier molecular flexibility index (Phi) is 7.59. The van der Waals surface area contributed by atoms with Gasteiger partial charge in [-0.05, 0) is 97.7 Å². The van der Waals surface area contributed by atoms with Gasteiger partial charge in [-0.2, -0.15) is 0 Å². The smallest absolute Gasteiger partial charge is 0.343 e. The van der Waals surface area contributed by atoms with Crippen LogP contribution in [0, 0.1) is 29.4 Å². The zero-order valence-corrected chi connectivity index (χ0v) is 19.0. The van der Waals surface area contributed by atoms with Gasteiger partial charge in [0.15, 0.2) is 0 Å². The SMILES string of the molecule is CCCCC[C@H]1CC[C@@H]2CC(c3ccc(C(=O)Oc4ccc(F)cc4)cc3F)CC[C@H]2C1. The normalized spacial score (nSPS) is 25.2. The first-order valence-electron chi connectivity index (χ1n) is 12.3. The average Bonchev–Trinajstić information content (AvgIpc) is 2.80. The second kappa shape index (κ2) is 10.6. The molecule has 2 aliphatic carbocycles. The number of carbonyl (C=O) groups is 1. The van der Waals surface area contributed by atoms with Crippen molar-refractivity contribution in [3.8, 4) is 5.75 Å². The van der Waals surface area contributed by atoms with Crippen LogP contribution >= 0.6 is 0 Å². The largest absolute Gasteiger partial charge is 0.423 e. The van der Waals surface area contributed by atoms with E-state index in [0.717, 1.165) is 30.2 Å². The maximum Gasteiger partial charge on any atom is 0.343 e. The zero-order chi connectivity index (χ0) is 22.5. The molecule has 2 aromatic rings. The second-order valence-electron chi connectivity index (χ2n) is 9.78. The Morgan fingerprint density at radius 1 is 0.938 bits per heavy atom. The monoisotopic (exact) mass is 440 g/mol. The van der Waals surface area contributed by atoms with Gasteiger partial charge in [-0.1, -0.05) is 45.1 Å². The first-order chi connectivity index (χ1) is 15.5. The number of hydrogen-bond acceptors (Lipinski definition) is 2. The Hall–Kier alpha value is -2.23. The molecule has 0 saturated heterocycles. The molecule has 4 rings (SSSR count). The molecule has 0 aliphatic heterocycles. The highest BCUT2D eigenvalue weighted by molar-refractivity contribution is 5.91. The molecule has 1 unspecified atom stereocenters. The molecule has 2 nitrogen and oxygen atoms in total. The summed E-state index contributed by atoms with van der Waals surface area (Å²) in [7, 11) is 0. The van der Waals surface area contributed by atoms with Gasteiger partial charge in [0.25, 0.3) is 0 Å². The molecule has 172 valence electrons. The van der Waals surface area contributed by atoms with Crippen LogP contribution in [-0.2, 0) is 0 Å². The number of hydrogen-bond donors (Lipinski definition) is 0. The second-order valence-corrected chi connectivity index (χ2v) is 9.78. The van der Waals surface area contributed by atoms with E-state index < -0.39 is 11.8 Å². The minimum absolute atomic E-state index is 0.178. The van der Waals surface area contributed by atoms with Gasteiger partial charge in [0.2, 0.25) is 0 Å². The molecule has 2 saturated carbocycles. The van der Waals surface area contributed by atoms with Crippen LogP contribution in [-0.4, -0.2) is 5.97 Å². The van der Waals surface area contributed by atoms with Gasteiger partial charge < -0.3 is 4.74 Å². The van der Waals surface area contributed by atoms with Gasteiger partial charge in [0, 0.05) is 0 Å². The number of unbranched alkanes of at least 4 members (excludes halogenated alkanes) is 2. The van der Waals surface area contributed by atoms with E-state index in [1.54, 1.807) is 12.1 Å². The van der Waals surface area contributed by atoms with Gasteiger partial charge in [-0.15, -0.1) is 0 Å². The summed E-state index contributed by atoms with van der Waals surface area (Å²) in [6.45, 7) is 2.26. The van der Waals surface area contributed by atoms with Crippen LogP contribution in [0.1, 0.15) is 93.0 Å². The van der Waals surface area contributed by atoms with E-state index in [0.29, 0.717) is 5.92 Å². The van der Waals surface area contributed by atoms with Crippen LogP contribution in [0.2, 0.25) is 0 Å². The van der Waals surface area contributed by atoms with Crippen molar-refractivity contribution in [1.82, 2.24) is 0 Å². The number of esters is 1. The molecule has 0 aromatic heterocycles. The molecular formula is C28H34F2O2. The predicted molar refractivity (Wildman–Crippen MR) is 123 cm³/mol. The lowest BCUT2D eigenvalue weighted by atomic mass is 9.63. The van der Waals surface area contributed by atoms with Gasteiger partial charge in [-0.25, -0.2) is 13.6 Å². The topological polar surface area (TPSA) is 26.3 Å². The van der Waals surface area contributed by atoms with E-state index in [1.165, 1.54) is 81.7 Å². The van der Waals surface area contributed by atoms with Crippen LogP contribution in [0.25, 0.3) is 0 Å². The Morgan fingerprint density at radius 2 is 1.69 bits per heavy atom. The quantitative estimate of drug-likeness (QED) is 0.247. The number of fused-ring (bicyclic) bond motifs is 1. The van der Waals surface area contributed by atoms with Crippen molar-refractivity contribution in [3.63, 3.8) is 0 Å². The number of benzene rings is 2. The van der Waals surface area contributed by atoms with Crippen LogP contribution in [0.3, 0.4) is 0 Å². The summed E-state index contributed by atoms with van der Waals surface area (Å²) in [6.07, 6.45) is 12.6. The molecule has 32 heavy (non-hydrogen) atoms. The van der Waals surface area contributed by atoms with E-state index in [-0.39, 0.29) is 23.0 Å². The lowest BCUT2D eigenvalue weighted by Crippen LogP contribution is -2.30. The van der Waals surface area contributed by atoms with E-state index in [2.05, 4.69) is 6.92 Å². The molecule has 0 heterocycles. The molecule has 2 aliphatic rings. The molecule has 0 radical (unpaired) electrons. The fourth-order valence-electron chi connectivity index (χ4n) is 5.87. The lowest BCUT2D eigenvalue weighted by Gasteiger charge is -2.42. The first kappa shape index (κ1) is 22.9. The Balaban J connectivity index is 1.35. The van der Waals surface area contributed by atoms with Gasteiger partial charge >= 0.3 is 5.97 Å². The third-order valence-electron chi connectivity index (χ3n) is 7.64. The molecular weight excluding hydrogens is 406 g/mol. The minimum atomic E-state index is -0.632. The maximum absolute atomic E-state index is 15.0. The molecule has 2 aromatic carbocycles. The molecule has 4 heteroatoms. The fraction of sp³-hybridized carbons (Fsp3) is 0.536. The zero-order valence-electron chi connectivity index (χ0n) is 19.0. The lowest BCUT2D eigenvalue weighted by molar-refractivity contribution is 0.0734. The molecule has 4 atom stereocenters. The van der Waals surface area contributed by atoms with Crippen LogP contribution in [0.5, 0.6) is 5.75 Å². The summed E-state index contributed by atoms with van der Waals surface area (Å²) < 4.78 is 33.2. The summed E-state index contributed by atoms with van der Waals surface area (Å²) in [5.41, 5.74) is 0.906. The predicted octanol–water partition coefficient (Wildman–Crippen LogP) is 8.06. The minimum Gasteiger partial charge on any atom is -0.423 e. The van der Waals surface area contributed by atoms with Crippen molar-refractivity contribution in [1.29, 1.82) is 0 Å². The number of ether oxygens (including phenoxy) is 1. The van der Waals surface area contributed by atoms with Crippen LogP contribution in [0.15, 0.2) is 42.5 Å². The van der Waals surface area contributed by atoms with Gasteiger partial charge in [0.05, 0.1) is 5.56 Å². The molecule has 0 amide bonds. The van der Waals surface area contributed by atoms with E-state index in [4.69, 9.17) is 4.74 Å². The first-order valence-corrected chi connectivity index (χ1v) is 12.3.